The number of fused-ring (bicyclic) bond motifs is 1. The van der Waals surface area contributed by atoms with Crippen molar-refractivity contribution in [2.45, 2.75) is 63.8 Å². The largest absolute Gasteiger partial charge is 0.349 e. The van der Waals surface area contributed by atoms with Crippen molar-refractivity contribution in [1.29, 1.82) is 0 Å². The van der Waals surface area contributed by atoms with Gasteiger partial charge in [-0.05, 0) is 55.0 Å². The molecular formula is C15H21NOS. The second-order valence-corrected chi connectivity index (χ2v) is 6.46. The molecule has 3 rings (SSSR count). The molecule has 0 aromatic carbocycles. The molecule has 0 saturated heterocycles. The molecule has 3 heteroatoms. The summed E-state index contributed by atoms with van der Waals surface area (Å²) >= 11 is 1.65. The molecule has 0 atom stereocenters. The number of carbonyl (C=O) groups excluding carboxylic acids is 1. The van der Waals surface area contributed by atoms with Gasteiger partial charge in [-0.2, -0.15) is 0 Å². The summed E-state index contributed by atoms with van der Waals surface area (Å²) in [7, 11) is 0. The molecule has 1 aromatic heterocycles. The lowest BCUT2D eigenvalue weighted by Gasteiger charge is -2.23. The highest BCUT2D eigenvalue weighted by Gasteiger charge is 2.22. The van der Waals surface area contributed by atoms with Gasteiger partial charge in [-0.1, -0.05) is 19.3 Å². The fraction of sp³-hybridized carbons (Fsp3) is 0.667. The standard InChI is InChI=1S/C15H21NOS/c17-15(16-12-7-2-1-3-8-12)14-13-9-5-4-6-11(13)10-18-14/h10,12H,1-9H2,(H,16,17). The molecule has 1 amide bonds. The van der Waals surface area contributed by atoms with Crippen LogP contribution in [0.4, 0.5) is 0 Å². The van der Waals surface area contributed by atoms with Crippen LogP contribution in [-0.2, 0) is 12.8 Å². The van der Waals surface area contributed by atoms with Crippen molar-refractivity contribution in [3.05, 3.63) is 21.4 Å². The Balaban J connectivity index is 1.70. The molecule has 2 nitrogen and oxygen atoms in total. The van der Waals surface area contributed by atoms with Gasteiger partial charge in [0.25, 0.3) is 5.91 Å². The van der Waals surface area contributed by atoms with Crippen LogP contribution in [0.25, 0.3) is 0 Å². The lowest BCUT2D eigenvalue weighted by molar-refractivity contribution is 0.0931. The van der Waals surface area contributed by atoms with Crippen LogP contribution in [0.15, 0.2) is 5.38 Å². The average molecular weight is 263 g/mol. The number of aryl methyl sites for hydroxylation is 1. The zero-order valence-corrected chi connectivity index (χ0v) is 11.7. The first kappa shape index (κ1) is 12.2. The Morgan fingerprint density at radius 1 is 1.11 bits per heavy atom. The monoisotopic (exact) mass is 263 g/mol. The van der Waals surface area contributed by atoms with E-state index in [1.165, 1.54) is 62.5 Å². The molecule has 2 aliphatic rings. The van der Waals surface area contributed by atoms with Crippen molar-refractivity contribution in [2.24, 2.45) is 0 Å². The van der Waals surface area contributed by atoms with Gasteiger partial charge in [0.15, 0.2) is 0 Å². The molecule has 2 aliphatic carbocycles. The molecule has 0 bridgehead atoms. The van der Waals surface area contributed by atoms with Gasteiger partial charge < -0.3 is 5.32 Å². The maximum absolute atomic E-state index is 12.3. The van der Waals surface area contributed by atoms with Crippen molar-refractivity contribution in [2.75, 3.05) is 0 Å². The zero-order chi connectivity index (χ0) is 12.4. The molecular weight excluding hydrogens is 242 g/mol. The van der Waals surface area contributed by atoms with E-state index < -0.39 is 0 Å². The second kappa shape index (κ2) is 5.43. The number of thiophene rings is 1. The Labute approximate surface area is 113 Å². The first-order valence-corrected chi connectivity index (χ1v) is 8.12. The predicted molar refractivity (Wildman–Crippen MR) is 75.3 cm³/mol. The lowest BCUT2D eigenvalue weighted by Crippen LogP contribution is -2.36. The van der Waals surface area contributed by atoms with Crippen LogP contribution in [0.1, 0.15) is 65.7 Å². The molecule has 1 heterocycles. The minimum Gasteiger partial charge on any atom is -0.349 e. The summed E-state index contributed by atoms with van der Waals surface area (Å²) in [5.74, 6) is 0.190. The molecule has 0 spiro atoms. The van der Waals surface area contributed by atoms with Crippen LogP contribution in [0.5, 0.6) is 0 Å². The number of hydrogen-bond donors (Lipinski definition) is 1. The summed E-state index contributed by atoms with van der Waals surface area (Å²) in [6, 6.07) is 0.424. The third-order valence-electron chi connectivity index (χ3n) is 4.25. The van der Waals surface area contributed by atoms with Crippen LogP contribution >= 0.6 is 11.3 Å². The number of carbonyl (C=O) groups is 1. The van der Waals surface area contributed by atoms with E-state index in [-0.39, 0.29) is 5.91 Å². The molecule has 0 unspecified atom stereocenters. The third-order valence-corrected chi connectivity index (χ3v) is 5.32. The van der Waals surface area contributed by atoms with Crippen molar-refractivity contribution < 1.29 is 4.79 Å². The molecule has 98 valence electrons. The molecule has 1 saturated carbocycles. The van der Waals surface area contributed by atoms with Gasteiger partial charge in [0, 0.05) is 6.04 Å². The number of amides is 1. The highest BCUT2D eigenvalue weighted by molar-refractivity contribution is 7.12. The first-order valence-electron chi connectivity index (χ1n) is 7.24. The molecule has 0 radical (unpaired) electrons. The van der Waals surface area contributed by atoms with Crippen LogP contribution in [0.2, 0.25) is 0 Å². The SMILES string of the molecule is O=C(NC1CCCCC1)c1scc2c1CCCC2. The predicted octanol–water partition coefficient (Wildman–Crippen LogP) is 3.69. The Kier molecular flexibility index (Phi) is 3.69. The van der Waals surface area contributed by atoms with Crippen molar-refractivity contribution in [3.8, 4) is 0 Å². The normalized spacial score (nSPS) is 20.4. The van der Waals surface area contributed by atoms with E-state index in [0.29, 0.717) is 6.04 Å². The summed E-state index contributed by atoms with van der Waals surface area (Å²) in [6.45, 7) is 0. The van der Waals surface area contributed by atoms with E-state index in [0.717, 1.165) is 11.3 Å². The van der Waals surface area contributed by atoms with Crippen molar-refractivity contribution in [1.82, 2.24) is 5.32 Å². The molecule has 0 aliphatic heterocycles. The second-order valence-electron chi connectivity index (χ2n) is 5.58. The molecule has 18 heavy (non-hydrogen) atoms. The van der Waals surface area contributed by atoms with Crippen LogP contribution in [0.3, 0.4) is 0 Å². The molecule has 1 N–H and O–H groups in total. The summed E-state index contributed by atoms with van der Waals surface area (Å²) in [4.78, 5) is 13.3. The van der Waals surface area contributed by atoms with Gasteiger partial charge in [-0.15, -0.1) is 11.3 Å². The van der Waals surface area contributed by atoms with E-state index in [9.17, 15) is 4.79 Å². The van der Waals surface area contributed by atoms with Gasteiger partial charge in [-0.3, -0.25) is 4.79 Å². The third kappa shape index (κ3) is 2.46. The van der Waals surface area contributed by atoms with Crippen LogP contribution in [-0.4, -0.2) is 11.9 Å². The van der Waals surface area contributed by atoms with Gasteiger partial charge in [0.05, 0.1) is 4.88 Å². The Hall–Kier alpha value is -0.830. The van der Waals surface area contributed by atoms with E-state index >= 15 is 0 Å². The highest BCUT2D eigenvalue weighted by Crippen LogP contribution is 2.30. The van der Waals surface area contributed by atoms with Gasteiger partial charge >= 0.3 is 0 Å². The summed E-state index contributed by atoms with van der Waals surface area (Å²) in [5.41, 5.74) is 2.78. The van der Waals surface area contributed by atoms with Crippen molar-refractivity contribution >= 4 is 17.2 Å². The Morgan fingerprint density at radius 2 is 1.89 bits per heavy atom. The molecule has 1 aromatic rings. The van der Waals surface area contributed by atoms with E-state index in [1.54, 1.807) is 11.3 Å². The summed E-state index contributed by atoms with van der Waals surface area (Å²) in [6.07, 6.45) is 11.0. The first-order chi connectivity index (χ1) is 8.84. The van der Waals surface area contributed by atoms with Gasteiger partial charge in [0.2, 0.25) is 0 Å². The minimum atomic E-state index is 0.190. The lowest BCUT2D eigenvalue weighted by atomic mass is 9.93. The van der Waals surface area contributed by atoms with Crippen LogP contribution < -0.4 is 5.32 Å². The smallest absolute Gasteiger partial charge is 0.261 e. The fourth-order valence-corrected chi connectivity index (χ4v) is 4.27. The Bertz CT molecular complexity index is 432. The zero-order valence-electron chi connectivity index (χ0n) is 10.8. The van der Waals surface area contributed by atoms with Gasteiger partial charge in [-0.25, -0.2) is 0 Å². The van der Waals surface area contributed by atoms with Gasteiger partial charge in [0.1, 0.15) is 0 Å². The minimum absolute atomic E-state index is 0.190. The number of rotatable bonds is 2. The topological polar surface area (TPSA) is 29.1 Å². The number of nitrogens with one attached hydrogen (secondary N) is 1. The molecule has 1 fully saturated rings. The average Bonchev–Trinajstić information content (AvgIpc) is 2.84. The summed E-state index contributed by atoms with van der Waals surface area (Å²) < 4.78 is 0. The van der Waals surface area contributed by atoms with Crippen LogP contribution in [0, 0.1) is 0 Å². The fourth-order valence-electron chi connectivity index (χ4n) is 3.21. The van der Waals surface area contributed by atoms with E-state index in [2.05, 4.69) is 10.7 Å². The van der Waals surface area contributed by atoms with Crippen molar-refractivity contribution in [3.63, 3.8) is 0 Å². The number of hydrogen-bond acceptors (Lipinski definition) is 2. The highest BCUT2D eigenvalue weighted by atomic mass is 32.1. The Morgan fingerprint density at radius 3 is 2.72 bits per heavy atom. The van der Waals surface area contributed by atoms with E-state index in [1.807, 2.05) is 0 Å². The maximum Gasteiger partial charge on any atom is 0.261 e. The maximum atomic E-state index is 12.3. The van der Waals surface area contributed by atoms with E-state index in [4.69, 9.17) is 0 Å². The summed E-state index contributed by atoms with van der Waals surface area (Å²) in [5, 5.41) is 5.44. The quantitative estimate of drug-likeness (QED) is 0.866.